The van der Waals surface area contributed by atoms with Crippen LogP contribution in [0.25, 0.3) is 0 Å². The molecule has 7 N–H and O–H groups in total. The Hall–Kier alpha value is -2.12. The highest BCUT2D eigenvalue weighted by molar-refractivity contribution is 5.96. The van der Waals surface area contributed by atoms with E-state index in [2.05, 4.69) is 12.2 Å². The van der Waals surface area contributed by atoms with Crippen LogP contribution in [0.2, 0.25) is 0 Å². The number of rotatable bonds is 12. The molecule has 0 fully saturated rings. The predicted octanol–water partition coefficient (Wildman–Crippen LogP) is 2.29. The van der Waals surface area contributed by atoms with E-state index in [1.165, 1.54) is 0 Å². The minimum Gasteiger partial charge on any atom is -0.461 e. The van der Waals surface area contributed by atoms with Crippen LogP contribution in [0.4, 0.5) is 11.4 Å². The van der Waals surface area contributed by atoms with Gasteiger partial charge in [-0.2, -0.15) is 0 Å². The smallest absolute Gasteiger partial charge is 0.306 e. The maximum absolute atomic E-state index is 12.3. The molecule has 1 aromatic rings. The molecule has 0 aromatic heterocycles. The molecule has 0 aliphatic heterocycles. The Balaban J connectivity index is 2.65. The van der Waals surface area contributed by atoms with Crippen molar-refractivity contribution in [3.63, 3.8) is 0 Å². The molecule has 7 heteroatoms. The molecule has 1 amide bonds. The standard InChI is InChI=1S/C19H32N4O3/c1-2-3-4-11-18(24)26-13-14-15(21)9-7-10-17(14)23-19(25)16(22)8-5-6-12-20/h7,9-10,16H,2-6,8,11-13,20-22H2,1H3,(H,23,25)/t16-/m0/s1. The third kappa shape index (κ3) is 7.84. The summed E-state index contributed by atoms with van der Waals surface area (Å²) < 4.78 is 5.30. The maximum Gasteiger partial charge on any atom is 0.306 e. The lowest BCUT2D eigenvalue weighted by molar-refractivity contribution is -0.145. The molecular weight excluding hydrogens is 332 g/mol. The van der Waals surface area contributed by atoms with Crippen molar-refractivity contribution in [2.45, 2.75) is 64.5 Å². The third-order valence-electron chi connectivity index (χ3n) is 4.14. The fourth-order valence-electron chi connectivity index (χ4n) is 2.49. The second-order valence-corrected chi connectivity index (χ2v) is 6.37. The first kappa shape index (κ1) is 21.9. The highest BCUT2D eigenvalue weighted by Gasteiger charge is 2.16. The van der Waals surface area contributed by atoms with Gasteiger partial charge in [0, 0.05) is 23.4 Å². The number of carbonyl (C=O) groups excluding carboxylic acids is 2. The van der Waals surface area contributed by atoms with Crippen LogP contribution in [0.1, 0.15) is 57.4 Å². The molecule has 0 radical (unpaired) electrons. The number of ether oxygens (including phenoxy) is 1. The van der Waals surface area contributed by atoms with Crippen LogP contribution in [-0.2, 0) is 20.9 Å². The van der Waals surface area contributed by atoms with Gasteiger partial charge < -0.3 is 27.3 Å². The van der Waals surface area contributed by atoms with E-state index in [9.17, 15) is 9.59 Å². The van der Waals surface area contributed by atoms with Gasteiger partial charge in [0.25, 0.3) is 0 Å². The molecule has 1 atom stereocenters. The minimum atomic E-state index is -0.618. The van der Waals surface area contributed by atoms with Gasteiger partial charge in [-0.1, -0.05) is 32.3 Å². The van der Waals surface area contributed by atoms with Crippen molar-refractivity contribution in [3.8, 4) is 0 Å². The first-order valence-electron chi connectivity index (χ1n) is 9.29. The highest BCUT2D eigenvalue weighted by atomic mass is 16.5. The van der Waals surface area contributed by atoms with Gasteiger partial charge in [0.05, 0.1) is 6.04 Å². The number of carbonyl (C=O) groups is 2. The van der Waals surface area contributed by atoms with Gasteiger partial charge in [-0.05, 0) is 37.9 Å². The second kappa shape index (κ2) is 12.3. The van der Waals surface area contributed by atoms with Gasteiger partial charge in [0.15, 0.2) is 0 Å². The van der Waals surface area contributed by atoms with E-state index in [0.717, 1.165) is 32.1 Å². The van der Waals surface area contributed by atoms with Crippen molar-refractivity contribution < 1.29 is 14.3 Å². The summed E-state index contributed by atoms with van der Waals surface area (Å²) >= 11 is 0. The molecule has 1 rings (SSSR count). The fourth-order valence-corrected chi connectivity index (χ4v) is 2.49. The Kier molecular flexibility index (Phi) is 10.3. The van der Waals surface area contributed by atoms with Crippen LogP contribution in [0, 0.1) is 0 Å². The Morgan fingerprint density at radius 3 is 2.65 bits per heavy atom. The zero-order valence-electron chi connectivity index (χ0n) is 15.6. The van der Waals surface area contributed by atoms with Crippen molar-refractivity contribution >= 4 is 23.3 Å². The molecule has 0 heterocycles. The molecule has 0 aliphatic carbocycles. The molecule has 0 unspecified atom stereocenters. The van der Waals surface area contributed by atoms with Crippen LogP contribution in [0.15, 0.2) is 18.2 Å². The number of unbranched alkanes of at least 4 members (excludes halogenated alkanes) is 3. The highest BCUT2D eigenvalue weighted by Crippen LogP contribution is 2.23. The topological polar surface area (TPSA) is 133 Å². The summed E-state index contributed by atoms with van der Waals surface area (Å²) in [6, 6.07) is 4.54. The van der Waals surface area contributed by atoms with E-state index in [1.807, 2.05) is 0 Å². The van der Waals surface area contributed by atoms with Crippen LogP contribution in [0.5, 0.6) is 0 Å². The SMILES string of the molecule is CCCCCC(=O)OCc1c(N)cccc1NC(=O)[C@@H](N)CCCCN. The number of hydrogen-bond donors (Lipinski definition) is 4. The summed E-state index contributed by atoms with van der Waals surface area (Å²) in [4.78, 5) is 24.1. The number of hydrogen-bond acceptors (Lipinski definition) is 6. The van der Waals surface area contributed by atoms with E-state index in [0.29, 0.717) is 36.3 Å². The first-order chi connectivity index (χ1) is 12.5. The largest absolute Gasteiger partial charge is 0.461 e. The lowest BCUT2D eigenvalue weighted by Gasteiger charge is -2.16. The monoisotopic (exact) mass is 364 g/mol. The van der Waals surface area contributed by atoms with Gasteiger partial charge in [-0.3, -0.25) is 9.59 Å². The number of amides is 1. The molecule has 26 heavy (non-hydrogen) atoms. The van der Waals surface area contributed by atoms with Crippen LogP contribution >= 0.6 is 0 Å². The minimum absolute atomic E-state index is 0.0235. The van der Waals surface area contributed by atoms with E-state index in [4.69, 9.17) is 21.9 Å². The summed E-state index contributed by atoms with van der Waals surface area (Å²) in [6.07, 6.45) is 5.41. The Morgan fingerprint density at radius 1 is 1.19 bits per heavy atom. The van der Waals surface area contributed by atoms with Gasteiger partial charge in [-0.25, -0.2) is 0 Å². The third-order valence-corrected chi connectivity index (χ3v) is 4.14. The molecule has 7 nitrogen and oxygen atoms in total. The Morgan fingerprint density at radius 2 is 1.96 bits per heavy atom. The number of esters is 1. The molecular formula is C19H32N4O3. The first-order valence-corrected chi connectivity index (χ1v) is 9.29. The normalized spacial score (nSPS) is 11.8. The predicted molar refractivity (Wildman–Crippen MR) is 104 cm³/mol. The second-order valence-electron chi connectivity index (χ2n) is 6.37. The van der Waals surface area contributed by atoms with E-state index in [1.54, 1.807) is 18.2 Å². The van der Waals surface area contributed by atoms with Crippen molar-refractivity contribution in [3.05, 3.63) is 23.8 Å². The van der Waals surface area contributed by atoms with Crippen molar-refractivity contribution in [2.24, 2.45) is 11.5 Å². The van der Waals surface area contributed by atoms with Crippen LogP contribution < -0.4 is 22.5 Å². The van der Waals surface area contributed by atoms with Gasteiger partial charge >= 0.3 is 5.97 Å². The Bertz CT molecular complexity index is 578. The quantitative estimate of drug-likeness (QED) is 0.255. The van der Waals surface area contributed by atoms with E-state index in [-0.39, 0.29) is 18.5 Å². The summed E-state index contributed by atoms with van der Waals surface area (Å²) in [5.41, 5.74) is 18.9. The number of nitrogens with two attached hydrogens (primary N) is 3. The maximum atomic E-state index is 12.3. The van der Waals surface area contributed by atoms with E-state index >= 15 is 0 Å². The lowest BCUT2D eigenvalue weighted by atomic mass is 10.1. The van der Waals surface area contributed by atoms with E-state index < -0.39 is 6.04 Å². The molecule has 0 spiro atoms. The number of anilines is 2. The number of benzene rings is 1. The van der Waals surface area contributed by atoms with Gasteiger partial charge in [-0.15, -0.1) is 0 Å². The zero-order chi connectivity index (χ0) is 19.4. The Labute approximate surface area is 155 Å². The van der Waals surface area contributed by atoms with Crippen LogP contribution in [-0.4, -0.2) is 24.5 Å². The van der Waals surface area contributed by atoms with Gasteiger partial charge in [0.2, 0.25) is 5.91 Å². The molecule has 0 saturated carbocycles. The van der Waals surface area contributed by atoms with Crippen molar-refractivity contribution in [1.29, 1.82) is 0 Å². The fraction of sp³-hybridized carbons (Fsp3) is 0.579. The molecule has 1 aromatic carbocycles. The average molecular weight is 364 g/mol. The average Bonchev–Trinajstić information content (AvgIpc) is 2.61. The molecule has 0 bridgehead atoms. The summed E-state index contributed by atoms with van der Waals surface area (Å²) in [5, 5.41) is 2.79. The summed E-state index contributed by atoms with van der Waals surface area (Å²) in [7, 11) is 0. The number of nitrogens with one attached hydrogen (secondary N) is 1. The van der Waals surface area contributed by atoms with Crippen molar-refractivity contribution in [1.82, 2.24) is 0 Å². The summed E-state index contributed by atoms with van der Waals surface area (Å²) in [5.74, 6) is -0.555. The summed E-state index contributed by atoms with van der Waals surface area (Å²) in [6.45, 7) is 2.68. The van der Waals surface area contributed by atoms with Gasteiger partial charge in [0.1, 0.15) is 6.61 Å². The van der Waals surface area contributed by atoms with Crippen molar-refractivity contribution in [2.75, 3.05) is 17.6 Å². The molecule has 0 aliphatic rings. The molecule has 146 valence electrons. The lowest BCUT2D eigenvalue weighted by Crippen LogP contribution is -2.36. The number of nitrogen functional groups attached to an aromatic ring is 1. The van der Waals surface area contributed by atoms with Crippen LogP contribution in [0.3, 0.4) is 0 Å². The molecule has 0 saturated heterocycles. The zero-order valence-corrected chi connectivity index (χ0v) is 15.6.